The third-order valence-electron chi connectivity index (χ3n) is 3.56. The first-order valence-electron chi connectivity index (χ1n) is 8.16. The largest absolute Gasteiger partial charge is 0.354 e. The van der Waals surface area contributed by atoms with Crippen LogP contribution in [-0.4, -0.2) is 29.3 Å². The lowest BCUT2D eigenvalue weighted by Crippen LogP contribution is -2.48. The Bertz CT molecular complexity index is 532. The van der Waals surface area contributed by atoms with Gasteiger partial charge in [-0.1, -0.05) is 48.8 Å². The fraction of sp³-hybridized carbons (Fsp3) is 0.556. The van der Waals surface area contributed by atoms with Gasteiger partial charge in [0.1, 0.15) is 6.04 Å². The predicted octanol–water partition coefficient (Wildman–Crippen LogP) is 3.74. The van der Waals surface area contributed by atoms with Crippen molar-refractivity contribution in [3.05, 3.63) is 34.3 Å². The number of hydrogen-bond acceptors (Lipinski definition) is 2. The van der Waals surface area contributed by atoms with Crippen molar-refractivity contribution < 1.29 is 9.59 Å². The molecule has 0 saturated heterocycles. The summed E-state index contributed by atoms with van der Waals surface area (Å²) in [6, 6.07) is 7.35. The highest BCUT2D eigenvalue weighted by molar-refractivity contribution is 9.10. The zero-order valence-corrected chi connectivity index (χ0v) is 16.0. The first-order valence-corrected chi connectivity index (χ1v) is 8.96. The van der Waals surface area contributed by atoms with E-state index in [2.05, 4.69) is 21.2 Å². The molecule has 0 spiro atoms. The lowest BCUT2D eigenvalue weighted by Gasteiger charge is -2.29. The molecule has 1 aromatic rings. The SMILES string of the molecule is CCCC(=O)N(Cc1cccc(Br)c1)[C@@H](C)C(=O)NCC(C)C. The van der Waals surface area contributed by atoms with Gasteiger partial charge in [0.2, 0.25) is 11.8 Å². The monoisotopic (exact) mass is 382 g/mol. The molecule has 0 aromatic heterocycles. The minimum atomic E-state index is -0.480. The number of benzene rings is 1. The van der Waals surface area contributed by atoms with Gasteiger partial charge in [0.05, 0.1) is 0 Å². The van der Waals surface area contributed by atoms with E-state index in [0.717, 1.165) is 16.5 Å². The molecular formula is C18H27BrN2O2. The maximum atomic E-state index is 12.5. The highest BCUT2D eigenvalue weighted by Gasteiger charge is 2.25. The minimum Gasteiger partial charge on any atom is -0.354 e. The fourth-order valence-electron chi connectivity index (χ4n) is 2.22. The lowest BCUT2D eigenvalue weighted by molar-refractivity contribution is -0.140. The van der Waals surface area contributed by atoms with E-state index in [1.165, 1.54) is 0 Å². The minimum absolute atomic E-state index is 0.0136. The van der Waals surface area contributed by atoms with Gasteiger partial charge in [0.15, 0.2) is 0 Å². The van der Waals surface area contributed by atoms with Gasteiger partial charge in [-0.3, -0.25) is 9.59 Å². The standard InChI is InChI=1S/C18H27BrN2O2/c1-5-7-17(22)21(12-15-8-6-9-16(19)10-15)14(4)18(23)20-11-13(2)3/h6,8-10,13-14H,5,7,11-12H2,1-4H3,(H,20,23)/t14-/m0/s1. The van der Waals surface area contributed by atoms with Crippen LogP contribution in [0.4, 0.5) is 0 Å². The molecule has 1 rings (SSSR count). The third kappa shape index (κ3) is 6.73. The van der Waals surface area contributed by atoms with Crippen LogP contribution in [0.25, 0.3) is 0 Å². The molecule has 0 radical (unpaired) electrons. The smallest absolute Gasteiger partial charge is 0.242 e. The van der Waals surface area contributed by atoms with Gasteiger partial charge < -0.3 is 10.2 Å². The number of hydrogen-bond donors (Lipinski definition) is 1. The van der Waals surface area contributed by atoms with Crippen molar-refractivity contribution in [1.82, 2.24) is 10.2 Å². The maximum Gasteiger partial charge on any atom is 0.242 e. The van der Waals surface area contributed by atoms with Crippen LogP contribution in [0.3, 0.4) is 0 Å². The van der Waals surface area contributed by atoms with Gasteiger partial charge in [-0.05, 0) is 37.0 Å². The summed E-state index contributed by atoms with van der Waals surface area (Å²) in [4.78, 5) is 26.5. The van der Waals surface area contributed by atoms with Gasteiger partial charge in [-0.25, -0.2) is 0 Å². The molecule has 0 bridgehead atoms. The highest BCUT2D eigenvalue weighted by atomic mass is 79.9. The molecular weight excluding hydrogens is 356 g/mol. The molecule has 0 aliphatic heterocycles. The molecule has 5 heteroatoms. The van der Waals surface area contributed by atoms with E-state index in [4.69, 9.17) is 0 Å². The van der Waals surface area contributed by atoms with E-state index in [-0.39, 0.29) is 11.8 Å². The van der Waals surface area contributed by atoms with Crippen LogP contribution in [0, 0.1) is 5.92 Å². The maximum absolute atomic E-state index is 12.5. The summed E-state index contributed by atoms with van der Waals surface area (Å²) >= 11 is 3.44. The Morgan fingerprint density at radius 1 is 1.26 bits per heavy atom. The summed E-state index contributed by atoms with van der Waals surface area (Å²) in [5.41, 5.74) is 1.01. The Morgan fingerprint density at radius 2 is 1.96 bits per heavy atom. The second kappa shape index (κ2) is 9.71. The molecule has 1 atom stereocenters. The van der Waals surface area contributed by atoms with Crippen LogP contribution in [-0.2, 0) is 16.1 Å². The van der Waals surface area contributed by atoms with E-state index in [1.807, 2.05) is 45.0 Å². The Hall–Kier alpha value is -1.36. The first-order chi connectivity index (χ1) is 10.8. The summed E-state index contributed by atoms with van der Waals surface area (Å²) in [6.07, 6.45) is 1.23. The third-order valence-corrected chi connectivity index (χ3v) is 4.05. The molecule has 2 amide bonds. The Kier molecular flexibility index (Phi) is 8.31. The van der Waals surface area contributed by atoms with E-state index < -0.39 is 6.04 Å². The van der Waals surface area contributed by atoms with Crippen molar-refractivity contribution in [3.8, 4) is 0 Å². The Balaban J connectivity index is 2.86. The number of rotatable bonds is 8. The molecule has 0 heterocycles. The molecule has 4 nitrogen and oxygen atoms in total. The number of carbonyl (C=O) groups is 2. The number of amides is 2. The molecule has 0 unspecified atom stereocenters. The molecule has 0 aliphatic rings. The van der Waals surface area contributed by atoms with E-state index >= 15 is 0 Å². The summed E-state index contributed by atoms with van der Waals surface area (Å²) in [7, 11) is 0. The first kappa shape index (κ1) is 19.7. The van der Waals surface area contributed by atoms with Crippen molar-refractivity contribution >= 4 is 27.7 Å². The molecule has 0 fully saturated rings. The van der Waals surface area contributed by atoms with Gasteiger partial charge in [-0.2, -0.15) is 0 Å². The summed E-state index contributed by atoms with van der Waals surface area (Å²) < 4.78 is 0.967. The van der Waals surface area contributed by atoms with Crippen LogP contribution in [0.5, 0.6) is 0 Å². The quantitative estimate of drug-likeness (QED) is 0.744. The van der Waals surface area contributed by atoms with Crippen LogP contribution in [0.15, 0.2) is 28.7 Å². The van der Waals surface area contributed by atoms with E-state index in [9.17, 15) is 9.59 Å². The highest BCUT2D eigenvalue weighted by Crippen LogP contribution is 2.16. The Labute approximate surface area is 147 Å². The lowest BCUT2D eigenvalue weighted by atomic mass is 10.1. The van der Waals surface area contributed by atoms with Crippen LogP contribution in [0.1, 0.15) is 46.1 Å². The number of nitrogens with zero attached hydrogens (tertiary/aromatic N) is 1. The zero-order valence-electron chi connectivity index (χ0n) is 14.4. The van der Waals surface area contributed by atoms with Crippen LogP contribution < -0.4 is 5.32 Å². The van der Waals surface area contributed by atoms with Crippen molar-refractivity contribution in [3.63, 3.8) is 0 Å². The number of nitrogens with one attached hydrogen (secondary N) is 1. The van der Waals surface area contributed by atoms with Gasteiger partial charge in [0, 0.05) is 24.0 Å². The molecule has 0 aliphatic carbocycles. The molecule has 1 aromatic carbocycles. The molecule has 128 valence electrons. The van der Waals surface area contributed by atoms with Crippen molar-refractivity contribution in [2.24, 2.45) is 5.92 Å². The average Bonchev–Trinajstić information content (AvgIpc) is 2.49. The number of carbonyl (C=O) groups excluding carboxylic acids is 2. The normalized spacial score (nSPS) is 12.1. The topological polar surface area (TPSA) is 49.4 Å². The molecule has 0 saturated carbocycles. The Morgan fingerprint density at radius 3 is 2.52 bits per heavy atom. The summed E-state index contributed by atoms with van der Waals surface area (Å²) in [5, 5.41) is 2.91. The summed E-state index contributed by atoms with van der Waals surface area (Å²) in [5.74, 6) is 0.300. The van der Waals surface area contributed by atoms with E-state index in [0.29, 0.717) is 25.4 Å². The molecule has 1 N–H and O–H groups in total. The van der Waals surface area contributed by atoms with Gasteiger partial charge in [0.25, 0.3) is 0 Å². The van der Waals surface area contributed by atoms with Crippen LogP contribution in [0.2, 0.25) is 0 Å². The van der Waals surface area contributed by atoms with Gasteiger partial charge >= 0.3 is 0 Å². The second-order valence-electron chi connectivity index (χ2n) is 6.22. The van der Waals surface area contributed by atoms with Crippen LogP contribution >= 0.6 is 15.9 Å². The van der Waals surface area contributed by atoms with E-state index in [1.54, 1.807) is 11.8 Å². The van der Waals surface area contributed by atoms with Crippen molar-refractivity contribution in [2.75, 3.05) is 6.54 Å². The fourth-order valence-corrected chi connectivity index (χ4v) is 2.67. The zero-order chi connectivity index (χ0) is 17.4. The molecule has 23 heavy (non-hydrogen) atoms. The average molecular weight is 383 g/mol. The predicted molar refractivity (Wildman–Crippen MR) is 96.9 cm³/mol. The van der Waals surface area contributed by atoms with Crippen molar-refractivity contribution in [2.45, 2.75) is 53.1 Å². The summed E-state index contributed by atoms with van der Waals surface area (Å²) in [6.45, 7) is 8.92. The number of halogens is 1. The van der Waals surface area contributed by atoms with Gasteiger partial charge in [-0.15, -0.1) is 0 Å². The van der Waals surface area contributed by atoms with Crippen molar-refractivity contribution in [1.29, 1.82) is 0 Å². The second-order valence-corrected chi connectivity index (χ2v) is 7.13.